The highest BCUT2D eigenvalue weighted by molar-refractivity contribution is 6.04. The van der Waals surface area contributed by atoms with Gasteiger partial charge in [-0.3, -0.25) is 9.48 Å². The Labute approximate surface area is 186 Å². The van der Waals surface area contributed by atoms with E-state index in [0.29, 0.717) is 24.5 Å². The molecule has 2 aromatic heterocycles. The summed E-state index contributed by atoms with van der Waals surface area (Å²) in [4.78, 5) is 25.5. The van der Waals surface area contributed by atoms with Crippen molar-refractivity contribution in [1.82, 2.24) is 19.7 Å². The standard InChI is InChI=1S/C23H27FN6O2/c1-15(32-4)21-23(31)28(2)19-12-25-20(27-22(19)29(21)3)10-7-17-11-26-30(14-17)13-16-5-8-18(24)9-6-16/h5-6,8-9,11-12,14-15,21H,7,10,13H2,1-4H3/t15-,21+/m1/s1. The van der Waals surface area contributed by atoms with Crippen LogP contribution in [0.4, 0.5) is 15.9 Å². The topological polar surface area (TPSA) is 76.4 Å². The Morgan fingerprint density at radius 2 is 1.88 bits per heavy atom. The molecule has 8 nitrogen and oxygen atoms in total. The number of rotatable bonds is 7. The fraction of sp³-hybridized carbons (Fsp3) is 0.391. The molecule has 1 aromatic carbocycles. The van der Waals surface area contributed by atoms with Crippen LogP contribution in [0.3, 0.4) is 0 Å². The monoisotopic (exact) mass is 438 g/mol. The van der Waals surface area contributed by atoms with Crippen molar-refractivity contribution in [3.8, 4) is 0 Å². The maximum Gasteiger partial charge on any atom is 0.252 e. The molecule has 0 N–H and O–H groups in total. The molecule has 3 aromatic rings. The first kappa shape index (κ1) is 21.9. The van der Waals surface area contributed by atoms with E-state index in [1.165, 1.54) is 12.1 Å². The maximum absolute atomic E-state index is 13.1. The van der Waals surface area contributed by atoms with Crippen LogP contribution in [0.2, 0.25) is 0 Å². The van der Waals surface area contributed by atoms with Gasteiger partial charge in [-0.25, -0.2) is 14.4 Å². The molecule has 9 heteroatoms. The zero-order chi connectivity index (χ0) is 22.8. The van der Waals surface area contributed by atoms with Crippen LogP contribution >= 0.6 is 0 Å². The molecule has 0 radical (unpaired) electrons. The third-order valence-electron chi connectivity index (χ3n) is 5.89. The second kappa shape index (κ2) is 9.04. The number of anilines is 2. The van der Waals surface area contributed by atoms with Crippen LogP contribution in [0.1, 0.15) is 23.9 Å². The lowest BCUT2D eigenvalue weighted by molar-refractivity contribution is -0.122. The van der Waals surface area contributed by atoms with Gasteiger partial charge in [0.1, 0.15) is 23.4 Å². The van der Waals surface area contributed by atoms with Crippen LogP contribution in [-0.2, 0) is 28.9 Å². The fourth-order valence-electron chi connectivity index (χ4n) is 3.93. The van der Waals surface area contributed by atoms with E-state index in [2.05, 4.69) is 10.1 Å². The molecule has 0 unspecified atom stereocenters. The lowest BCUT2D eigenvalue weighted by atomic mass is 10.1. The zero-order valence-corrected chi connectivity index (χ0v) is 18.7. The molecule has 1 aliphatic rings. The summed E-state index contributed by atoms with van der Waals surface area (Å²) in [7, 11) is 5.20. The van der Waals surface area contributed by atoms with Gasteiger partial charge in [0, 0.05) is 33.8 Å². The van der Waals surface area contributed by atoms with Gasteiger partial charge in [0.15, 0.2) is 5.82 Å². The summed E-state index contributed by atoms with van der Waals surface area (Å²) in [6, 6.07) is 5.98. The zero-order valence-electron chi connectivity index (χ0n) is 18.7. The molecular formula is C23H27FN6O2. The quantitative estimate of drug-likeness (QED) is 0.564. The van der Waals surface area contributed by atoms with Crippen LogP contribution in [0.5, 0.6) is 0 Å². The van der Waals surface area contributed by atoms with Crippen molar-refractivity contribution in [3.05, 3.63) is 65.6 Å². The van der Waals surface area contributed by atoms with E-state index in [1.807, 2.05) is 35.9 Å². The number of likely N-dealkylation sites (N-methyl/N-ethyl adjacent to an activating group) is 2. The number of amides is 1. The summed E-state index contributed by atoms with van der Waals surface area (Å²) in [5.74, 6) is 1.13. The number of hydrogen-bond donors (Lipinski definition) is 0. The Balaban J connectivity index is 1.45. The van der Waals surface area contributed by atoms with Crippen molar-refractivity contribution in [2.45, 2.75) is 38.5 Å². The Kier molecular flexibility index (Phi) is 6.18. The Hall–Kier alpha value is -3.33. The predicted molar refractivity (Wildman–Crippen MR) is 119 cm³/mol. The molecule has 2 atom stereocenters. The Morgan fingerprint density at radius 1 is 1.12 bits per heavy atom. The summed E-state index contributed by atoms with van der Waals surface area (Å²) in [6.45, 7) is 2.46. The molecule has 3 heterocycles. The van der Waals surface area contributed by atoms with Crippen molar-refractivity contribution in [2.75, 3.05) is 31.0 Å². The van der Waals surface area contributed by atoms with Crippen molar-refractivity contribution in [2.24, 2.45) is 0 Å². The van der Waals surface area contributed by atoms with E-state index in [9.17, 15) is 9.18 Å². The van der Waals surface area contributed by atoms with E-state index >= 15 is 0 Å². The van der Waals surface area contributed by atoms with E-state index in [0.717, 1.165) is 23.4 Å². The number of benzene rings is 1. The van der Waals surface area contributed by atoms with Crippen molar-refractivity contribution < 1.29 is 13.9 Å². The molecule has 0 bridgehead atoms. The average Bonchev–Trinajstić information content (AvgIpc) is 3.24. The van der Waals surface area contributed by atoms with Crippen molar-refractivity contribution >= 4 is 17.4 Å². The molecule has 168 valence electrons. The molecule has 0 saturated heterocycles. The normalized spacial score (nSPS) is 16.9. The number of aromatic nitrogens is 4. The summed E-state index contributed by atoms with van der Waals surface area (Å²) in [5.41, 5.74) is 2.74. The lowest BCUT2D eigenvalue weighted by Crippen LogP contribution is -2.56. The molecule has 0 saturated carbocycles. The van der Waals surface area contributed by atoms with Crippen LogP contribution in [0, 0.1) is 5.82 Å². The van der Waals surface area contributed by atoms with E-state index in [1.54, 1.807) is 37.4 Å². The van der Waals surface area contributed by atoms with Crippen LogP contribution in [0.15, 0.2) is 42.9 Å². The second-order valence-corrected chi connectivity index (χ2v) is 8.06. The molecule has 1 aliphatic heterocycles. The molecule has 0 fully saturated rings. The smallest absolute Gasteiger partial charge is 0.252 e. The fourth-order valence-corrected chi connectivity index (χ4v) is 3.93. The van der Waals surface area contributed by atoms with Gasteiger partial charge in [0.25, 0.3) is 5.91 Å². The minimum absolute atomic E-state index is 0.0423. The molecular weight excluding hydrogens is 411 g/mol. The average molecular weight is 439 g/mol. The lowest BCUT2D eigenvalue weighted by Gasteiger charge is -2.40. The minimum atomic E-state index is -0.440. The largest absolute Gasteiger partial charge is 0.379 e. The number of hydrogen-bond acceptors (Lipinski definition) is 6. The van der Waals surface area contributed by atoms with Gasteiger partial charge in [-0.1, -0.05) is 12.1 Å². The number of nitrogens with zero attached hydrogens (tertiary/aromatic N) is 6. The highest BCUT2D eigenvalue weighted by atomic mass is 19.1. The van der Waals surface area contributed by atoms with Crippen molar-refractivity contribution in [1.29, 1.82) is 0 Å². The second-order valence-electron chi connectivity index (χ2n) is 8.06. The first-order chi connectivity index (χ1) is 15.4. The van der Waals surface area contributed by atoms with Crippen LogP contribution in [-0.4, -0.2) is 59.0 Å². The van der Waals surface area contributed by atoms with Crippen LogP contribution in [0.25, 0.3) is 0 Å². The molecule has 32 heavy (non-hydrogen) atoms. The molecule has 0 aliphatic carbocycles. The minimum Gasteiger partial charge on any atom is -0.379 e. The van der Waals surface area contributed by atoms with Gasteiger partial charge in [-0.05, 0) is 36.6 Å². The van der Waals surface area contributed by atoms with Gasteiger partial charge in [0.05, 0.1) is 25.0 Å². The number of ether oxygens (including phenoxy) is 1. The highest BCUT2D eigenvalue weighted by Crippen LogP contribution is 2.33. The van der Waals surface area contributed by atoms with Crippen molar-refractivity contribution in [3.63, 3.8) is 0 Å². The third kappa shape index (κ3) is 4.34. The van der Waals surface area contributed by atoms with Gasteiger partial charge in [-0.2, -0.15) is 5.10 Å². The number of carbonyl (C=O) groups excluding carboxylic acids is 1. The number of methoxy groups -OCH3 is 1. The summed E-state index contributed by atoms with van der Waals surface area (Å²) in [5, 5.41) is 4.40. The van der Waals surface area contributed by atoms with Gasteiger partial charge < -0.3 is 14.5 Å². The van der Waals surface area contributed by atoms with E-state index < -0.39 is 6.04 Å². The van der Waals surface area contributed by atoms with Gasteiger partial charge in [0.2, 0.25) is 0 Å². The van der Waals surface area contributed by atoms with E-state index in [-0.39, 0.29) is 17.8 Å². The number of aryl methyl sites for hydroxylation is 2. The Morgan fingerprint density at radius 3 is 2.59 bits per heavy atom. The van der Waals surface area contributed by atoms with Gasteiger partial charge >= 0.3 is 0 Å². The summed E-state index contributed by atoms with van der Waals surface area (Å²) < 4.78 is 20.3. The highest BCUT2D eigenvalue weighted by Gasteiger charge is 2.39. The van der Waals surface area contributed by atoms with Gasteiger partial charge in [-0.15, -0.1) is 0 Å². The summed E-state index contributed by atoms with van der Waals surface area (Å²) in [6.07, 6.45) is 6.63. The third-order valence-corrected chi connectivity index (χ3v) is 5.89. The maximum atomic E-state index is 13.1. The first-order valence-corrected chi connectivity index (χ1v) is 10.5. The van der Waals surface area contributed by atoms with E-state index in [4.69, 9.17) is 9.72 Å². The summed E-state index contributed by atoms with van der Waals surface area (Å²) >= 11 is 0. The Bertz CT molecular complexity index is 1100. The first-order valence-electron chi connectivity index (χ1n) is 10.5. The predicted octanol–water partition coefficient (Wildman–Crippen LogP) is 2.46. The van der Waals surface area contributed by atoms with Crippen LogP contribution < -0.4 is 9.80 Å². The molecule has 1 amide bonds. The SMILES string of the molecule is CO[C@H](C)[C@H]1C(=O)N(C)c2cnc(CCc3cnn(Cc4ccc(F)cc4)c3)nc2N1C. The molecule has 0 spiro atoms. The number of halogens is 1. The number of carbonyl (C=O) groups is 1. The molecule has 4 rings (SSSR count). The number of fused-ring (bicyclic) bond motifs is 1.